The SMILES string of the molecule is CCn1c(CCl)nnc1-c1cc(F)c(Cl)cc1F. The van der Waals surface area contributed by atoms with Crippen LogP contribution in [0.5, 0.6) is 0 Å². The first-order valence-electron chi connectivity index (χ1n) is 5.21. The van der Waals surface area contributed by atoms with E-state index >= 15 is 0 Å². The van der Waals surface area contributed by atoms with Gasteiger partial charge in [0.1, 0.15) is 17.5 Å². The fourth-order valence-electron chi connectivity index (χ4n) is 1.66. The van der Waals surface area contributed by atoms with Gasteiger partial charge < -0.3 is 4.57 Å². The second-order valence-electron chi connectivity index (χ2n) is 3.56. The summed E-state index contributed by atoms with van der Waals surface area (Å²) in [6.45, 7) is 2.35. The third-order valence-electron chi connectivity index (χ3n) is 2.51. The van der Waals surface area contributed by atoms with Crippen molar-refractivity contribution in [1.29, 1.82) is 0 Å². The molecule has 0 aliphatic heterocycles. The molecule has 1 heterocycles. The molecule has 0 aliphatic carbocycles. The van der Waals surface area contributed by atoms with Gasteiger partial charge in [0.05, 0.1) is 16.5 Å². The number of halogens is 4. The van der Waals surface area contributed by atoms with Crippen LogP contribution in [0.1, 0.15) is 12.7 Å². The number of aromatic nitrogens is 3. The Kier molecular flexibility index (Phi) is 3.82. The molecule has 18 heavy (non-hydrogen) atoms. The van der Waals surface area contributed by atoms with E-state index in [9.17, 15) is 8.78 Å². The molecule has 0 saturated heterocycles. The maximum atomic E-state index is 13.8. The molecule has 3 nitrogen and oxygen atoms in total. The minimum atomic E-state index is -0.703. The average Bonchev–Trinajstić information content (AvgIpc) is 2.76. The lowest BCUT2D eigenvalue weighted by Crippen LogP contribution is -2.03. The third-order valence-corrected chi connectivity index (χ3v) is 3.04. The maximum absolute atomic E-state index is 13.8. The smallest absolute Gasteiger partial charge is 0.167 e. The van der Waals surface area contributed by atoms with Crippen molar-refractivity contribution < 1.29 is 8.78 Å². The molecule has 0 N–H and O–H groups in total. The number of rotatable bonds is 3. The summed E-state index contributed by atoms with van der Waals surface area (Å²) in [6.07, 6.45) is 0. The normalized spacial score (nSPS) is 10.9. The van der Waals surface area contributed by atoms with Crippen molar-refractivity contribution in [2.75, 3.05) is 0 Å². The highest BCUT2D eigenvalue weighted by molar-refractivity contribution is 6.30. The molecule has 0 radical (unpaired) electrons. The number of alkyl halides is 1. The summed E-state index contributed by atoms with van der Waals surface area (Å²) in [5.41, 5.74) is 0.0163. The molecule has 0 unspecified atom stereocenters. The van der Waals surface area contributed by atoms with Gasteiger partial charge in [-0.3, -0.25) is 0 Å². The zero-order valence-corrected chi connectivity index (χ0v) is 10.9. The Morgan fingerprint density at radius 3 is 2.56 bits per heavy atom. The van der Waals surface area contributed by atoms with E-state index in [1.165, 1.54) is 0 Å². The van der Waals surface area contributed by atoms with Gasteiger partial charge in [-0.05, 0) is 19.1 Å². The molecule has 96 valence electrons. The van der Waals surface area contributed by atoms with Gasteiger partial charge in [-0.2, -0.15) is 0 Å². The van der Waals surface area contributed by atoms with E-state index in [0.29, 0.717) is 12.4 Å². The molecular formula is C11H9Cl2F2N3. The number of hydrogen-bond acceptors (Lipinski definition) is 2. The van der Waals surface area contributed by atoms with Crippen LogP contribution < -0.4 is 0 Å². The highest BCUT2D eigenvalue weighted by Crippen LogP contribution is 2.27. The van der Waals surface area contributed by atoms with Crippen molar-refractivity contribution >= 4 is 23.2 Å². The average molecular weight is 292 g/mol. The largest absolute Gasteiger partial charge is 0.310 e. The topological polar surface area (TPSA) is 30.7 Å². The first kappa shape index (κ1) is 13.2. The lowest BCUT2D eigenvalue weighted by molar-refractivity contribution is 0.600. The van der Waals surface area contributed by atoms with E-state index in [-0.39, 0.29) is 22.3 Å². The Morgan fingerprint density at radius 1 is 1.22 bits per heavy atom. The molecular weight excluding hydrogens is 283 g/mol. The second-order valence-corrected chi connectivity index (χ2v) is 4.24. The molecule has 0 aliphatic rings. The van der Waals surface area contributed by atoms with Gasteiger partial charge in [0.2, 0.25) is 0 Å². The van der Waals surface area contributed by atoms with Crippen LogP contribution in [-0.2, 0) is 12.4 Å². The van der Waals surface area contributed by atoms with Crippen molar-refractivity contribution in [3.05, 3.63) is 34.6 Å². The molecule has 0 saturated carbocycles. The van der Waals surface area contributed by atoms with Crippen molar-refractivity contribution in [2.45, 2.75) is 19.3 Å². The monoisotopic (exact) mass is 291 g/mol. The van der Waals surface area contributed by atoms with Gasteiger partial charge in [-0.15, -0.1) is 21.8 Å². The lowest BCUT2D eigenvalue weighted by Gasteiger charge is -2.07. The molecule has 1 aromatic carbocycles. The van der Waals surface area contributed by atoms with Crippen LogP contribution in [0, 0.1) is 11.6 Å². The minimum Gasteiger partial charge on any atom is -0.310 e. The van der Waals surface area contributed by atoms with Gasteiger partial charge in [0.15, 0.2) is 5.82 Å². The second kappa shape index (κ2) is 5.20. The van der Waals surface area contributed by atoms with E-state index < -0.39 is 11.6 Å². The predicted octanol–water partition coefficient (Wildman–Crippen LogP) is 3.64. The summed E-state index contributed by atoms with van der Waals surface area (Å²) in [5.74, 6) is -0.459. The number of hydrogen-bond donors (Lipinski definition) is 0. The van der Waals surface area contributed by atoms with Crippen LogP contribution in [-0.4, -0.2) is 14.8 Å². The molecule has 0 amide bonds. The lowest BCUT2D eigenvalue weighted by atomic mass is 10.2. The summed E-state index contributed by atoms with van der Waals surface area (Å²) < 4.78 is 28.8. The van der Waals surface area contributed by atoms with Crippen LogP contribution in [0.2, 0.25) is 5.02 Å². The van der Waals surface area contributed by atoms with Gasteiger partial charge in [-0.25, -0.2) is 8.78 Å². The third kappa shape index (κ3) is 2.20. The Labute approximate surface area is 112 Å². The number of nitrogens with zero attached hydrogens (tertiary/aromatic N) is 3. The Morgan fingerprint density at radius 2 is 1.94 bits per heavy atom. The molecule has 2 rings (SSSR count). The number of benzene rings is 1. The van der Waals surface area contributed by atoms with Gasteiger partial charge in [0.25, 0.3) is 0 Å². The Bertz CT molecular complexity index is 584. The molecule has 0 fully saturated rings. The van der Waals surface area contributed by atoms with Crippen LogP contribution >= 0.6 is 23.2 Å². The van der Waals surface area contributed by atoms with Crippen molar-refractivity contribution in [1.82, 2.24) is 14.8 Å². The summed E-state index contributed by atoms with van der Waals surface area (Å²) in [4.78, 5) is 0. The first-order valence-corrected chi connectivity index (χ1v) is 6.12. The van der Waals surface area contributed by atoms with E-state index in [1.54, 1.807) is 4.57 Å². The maximum Gasteiger partial charge on any atom is 0.167 e. The molecule has 0 spiro atoms. The van der Waals surface area contributed by atoms with Gasteiger partial charge in [-0.1, -0.05) is 11.6 Å². The van der Waals surface area contributed by atoms with Crippen LogP contribution in [0.15, 0.2) is 12.1 Å². The highest BCUT2D eigenvalue weighted by atomic mass is 35.5. The molecule has 0 atom stereocenters. The summed E-state index contributed by atoms with van der Waals surface area (Å²) >= 11 is 11.2. The fraction of sp³-hybridized carbons (Fsp3) is 0.273. The zero-order chi connectivity index (χ0) is 13.3. The quantitative estimate of drug-likeness (QED) is 0.639. The van der Waals surface area contributed by atoms with Crippen LogP contribution in [0.25, 0.3) is 11.4 Å². The van der Waals surface area contributed by atoms with Crippen LogP contribution in [0.4, 0.5) is 8.78 Å². The zero-order valence-electron chi connectivity index (χ0n) is 9.42. The minimum absolute atomic E-state index is 0.0163. The van der Waals surface area contributed by atoms with E-state index in [1.807, 2.05) is 6.92 Å². The van der Waals surface area contributed by atoms with Crippen molar-refractivity contribution in [3.8, 4) is 11.4 Å². The van der Waals surface area contributed by atoms with E-state index in [0.717, 1.165) is 12.1 Å². The van der Waals surface area contributed by atoms with Crippen LogP contribution in [0.3, 0.4) is 0 Å². The molecule has 7 heteroatoms. The summed E-state index contributed by atoms with van der Waals surface area (Å²) in [5, 5.41) is 7.41. The summed E-state index contributed by atoms with van der Waals surface area (Å²) in [7, 11) is 0. The standard InChI is InChI=1S/C11H9Cl2F2N3/c1-2-18-10(5-12)16-17-11(18)6-3-9(15)7(13)4-8(6)14/h3-4H,2,5H2,1H3. The highest BCUT2D eigenvalue weighted by Gasteiger charge is 2.17. The summed E-state index contributed by atoms with van der Waals surface area (Å²) in [6, 6.07) is 1.92. The fourth-order valence-corrected chi connectivity index (χ4v) is 2.01. The van der Waals surface area contributed by atoms with Gasteiger partial charge >= 0.3 is 0 Å². The van der Waals surface area contributed by atoms with E-state index in [2.05, 4.69) is 10.2 Å². The molecule has 0 bridgehead atoms. The predicted molar refractivity (Wildman–Crippen MR) is 65.6 cm³/mol. The van der Waals surface area contributed by atoms with Crippen molar-refractivity contribution in [2.24, 2.45) is 0 Å². The Balaban J connectivity index is 2.62. The first-order chi connectivity index (χ1) is 8.58. The Hall–Kier alpha value is -1.20. The van der Waals surface area contributed by atoms with Gasteiger partial charge in [0, 0.05) is 6.54 Å². The van der Waals surface area contributed by atoms with Crippen molar-refractivity contribution in [3.63, 3.8) is 0 Å². The van der Waals surface area contributed by atoms with E-state index in [4.69, 9.17) is 23.2 Å². The molecule has 2 aromatic rings. The molecule has 1 aromatic heterocycles.